The van der Waals surface area contributed by atoms with E-state index in [0.29, 0.717) is 0 Å². The topological polar surface area (TPSA) is 6.48 Å². The molecule has 316 valence electrons. The molecule has 1 aromatic heterocycles. The van der Waals surface area contributed by atoms with Gasteiger partial charge < -0.3 is 9.80 Å². The van der Waals surface area contributed by atoms with Crippen LogP contribution in [0.2, 0.25) is 0 Å². The highest BCUT2D eigenvalue weighted by atomic mass is 32.1. The summed E-state index contributed by atoms with van der Waals surface area (Å²) in [5.74, 6) is 0. The van der Waals surface area contributed by atoms with Gasteiger partial charge in [0.2, 0.25) is 0 Å². The Labute approximate surface area is 380 Å². The van der Waals surface area contributed by atoms with Crippen molar-refractivity contribution in [2.24, 2.45) is 0 Å². The van der Waals surface area contributed by atoms with Crippen molar-refractivity contribution in [3.63, 3.8) is 0 Å². The van der Waals surface area contributed by atoms with Crippen molar-refractivity contribution in [1.82, 2.24) is 0 Å². The van der Waals surface area contributed by atoms with E-state index >= 15 is 0 Å². The first-order valence-electron chi connectivity index (χ1n) is 23.8. The third-order valence-electron chi connectivity index (χ3n) is 17.0. The minimum absolute atomic E-state index is 0.00492. The van der Waals surface area contributed by atoms with Crippen molar-refractivity contribution in [3.05, 3.63) is 143 Å². The van der Waals surface area contributed by atoms with Crippen molar-refractivity contribution in [1.29, 1.82) is 0 Å². The number of anilines is 5. The predicted octanol–water partition coefficient (Wildman–Crippen LogP) is 14.5. The molecule has 63 heavy (non-hydrogen) atoms. The molecule has 0 saturated heterocycles. The highest BCUT2D eigenvalue weighted by molar-refractivity contribution is 7.33. The maximum absolute atomic E-state index is 2.90. The van der Waals surface area contributed by atoms with Gasteiger partial charge in [0.05, 0.1) is 16.9 Å². The lowest BCUT2D eigenvalue weighted by molar-refractivity contribution is 0.195. The number of thiophene rings is 1. The normalized spacial score (nSPS) is 22.3. The SMILES string of the molecule is Cc1cc2c3c(c1)N1c4c(cc(-c5ccccc5)cc4C4(C)CCCCC14C)B3c1sc3cc4c(cc3c1N2c1ccc(C(C)(C)C)cc1-c1ccccc1)C(C)(C)CCC4(C)C. The van der Waals surface area contributed by atoms with E-state index in [1.54, 1.807) is 5.56 Å². The van der Waals surface area contributed by atoms with Crippen LogP contribution in [0.5, 0.6) is 0 Å². The summed E-state index contributed by atoms with van der Waals surface area (Å²) in [5, 5.41) is 1.40. The first kappa shape index (κ1) is 39.5. The molecule has 1 saturated carbocycles. The van der Waals surface area contributed by atoms with Crippen LogP contribution in [-0.4, -0.2) is 12.3 Å². The molecule has 1 fully saturated rings. The molecule has 0 radical (unpaired) electrons. The van der Waals surface area contributed by atoms with E-state index in [1.807, 2.05) is 0 Å². The van der Waals surface area contributed by atoms with Gasteiger partial charge in [0.25, 0.3) is 6.71 Å². The Morgan fingerprint density at radius 3 is 1.94 bits per heavy atom. The second kappa shape index (κ2) is 13.0. The fourth-order valence-corrected chi connectivity index (χ4v) is 14.5. The minimum atomic E-state index is -0.0464. The second-order valence-corrected chi connectivity index (χ2v) is 23.9. The number of benzene rings is 6. The molecule has 2 unspecified atom stereocenters. The number of aryl methyl sites for hydroxylation is 1. The third-order valence-corrected chi connectivity index (χ3v) is 18.2. The van der Waals surface area contributed by atoms with Crippen LogP contribution in [0.3, 0.4) is 0 Å². The van der Waals surface area contributed by atoms with E-state index < -0.39 is 0 Å². The molecule has 0 amide bonds. The lowest BCUT2D eigenvalue weighted by Crippen LogP contribution is -2.64. The molecule has 0 N–H and O–H groups in total. The molecule has 5 aliphatic rings. The molecule has 0 spiro atoms. The summed E-state index contributed by atoms with van der Waals surface area (Å²) in [4.78, 5) is 5.65. The molecule has 4 heteroatoms. The number of nitrogens with zero attached hydrogens (tertiary/aromatic N) is 2. The Kier molecular flexibility index (Phi) is 8.18. The summed E-state index contributed by atoms with van der Waals surface area (Å²) in [6.07, 6.45) is 7.34. The van der Waals surface area contributed by atoms with Gasteiger partial charge in [0.15, 0.2) is 0 Å². The molecule has 3 aliphatic heterocycles. The van der Waals surface area contributed by atoms with Gasteiger partial charge in [-0.3, -0.25) is 0 Å². The van der Waals surface area contributed by atoms with Crippen molar-refractivity contribution < 1.29 is 0 Å². The van der Waals surface area contributed by atoms with Gasteiger partial charge in [0, 0.05) is 42.9 Å². The lowest BCUT2D eigenvalue weighted by atomic mass is 9.36. The van der Waals surface area contributed by atoms with E-state index in [1.165, 1.54) is 137 Å². The van der Waals surface area contributed by atoms with Crippen LogP contribution in [-0.2, 0) is 21.7 Å². The van der Waals surface area contributed by atoms with Gasteiger partial charge >= 0.3 is 0 Å². The number of hydrogen-bond donors (Lipinski definition) is 0. The van der Waals surface area contributed by atoms with Crippen LogP contribution in [0, 0.1) is 6.92 Å². The fraction of sp³-hybridized carbons (Fsp3) is 0.356. The zero-order valence-electron chi connectivity index (χ0n) is 39.1. The number of rotatable bonds is 3. The molecule has 0 bridgehead atoms. The van der Waals surface area contributed by atoms with Crippen LogP contribution >= 0.6 is 11.3 Å². The smallest absolute Gasteiger partial charge is 0.264 e. The molecule has 7 aromatic rings. The standard InChI is InChI=1S/C59H61BN2S/c1-36-29-48-51-49(30-36)62-53-45(58(9)25-17-18-26-59(58,62)10)31-39(37-19-13-11-14-20-37)32-46(53)60(51)54-52(42-34-43-44(35-50(42)63-54)57(7,8)28-27-56(43,5)6)61(48)47-24-23-40(55(2,3)4)33-41(47)38-21-15-12-16-22-38/h11-16,19-24,29-35H,17-18,25-28H2,1-10H3. The van der Waals surface area contributed by atoms with Gasteiger partial charge in [-0.1, -0.05) is 141 Å². The largest absolute Gasteiger partial charge is 0.335 e. The molecular weight excluding hydrogens is 780 g/mol. The molecule has 12 rings (SSSR count). The monoisotopic (exact) mass is 840 g/mol. The number of fused-ring (bicyclic) bond motifs is 10. The van der Waals surface area contributed by atoms with Gasteiger partial charge in [-0.2, -0.15) is 0 Å². The van der Waals surface area contributed by atoms with Gasteiger partial charge in [-0.15, -0.1) is 11.3 Å². The van der Waals surface area contributed by atoms with E-state index in [0.717, 1.165) is 0 Å². The number of hydrogen-bond acceptors (Lipinski definition) is 3. The summed E-state index contributed by atoms with van der Waals surface area (Å²) < 4.78 is 2.90. The molecule has 2 aliphatic carbocycles. The van der Waals surface area contributed by atoms with Gasteiger partial charge in [0.1, 0.15) is 0 Å². The Hall–Kier alpha value is -5.06. The zero-order valence-corrected chi connectivity index (χ0v) is 39.9. The van der Waals surface area contributed by atoms with E-state index in [4.69, 9.17) is 0 Å². The molecular formula is C59H61BN2S. The van der Waals surface area contributed by atoms with Crippen LogP contribution in [0.25, 0.3) is 32.3 Å². The lowest BCUT2D eigenvalue weighted by Gasteiger charge is -2.52. The summed E-state index contributed by atoms with van der Waals surface area (Å²) in [6.45, 7) is 24.7. The summed E-state index contributed by atoms with van der Waals surface area (Å²) >= 11 is 2.08. The fourth-order valence-electron chi connectivity index (χ4n) is 13.1. The van der Waals surface area contributed by atoms with Crippen LogP contribution in [0.1, 0.15) is 129 Å². The average molecular weight is 841 g/mol. The van der Waals surface area contributed by atoms with Gasteiger partial charge in [-0.05, 0) is 154 Å². The average Bonchev–Trinajstić information content (AvgIpc) is 3.73. The molecule has 4 heterocycles. The van der Waals surface area contributed by atoms with E-state index in [9.17, 15) is 0 Å². The summed E-state index contributed by atoms with van der Waals surface area (Å²) in [7, 11) is 0. The van der Waals surface area contributed by atoms with E-state index in [-0.39, 0.29) is 33.9 Å². The third kappa shape index (κ3) is 5.37. The Balaban J connectivity index is 1.24. The second-order valence-electron chi connectivity index (χ2n) is 22.8. The van der Waals surface area contributed by atoms with Crippen LogP contribution in [0.15, 0.2) is 115 Å². The first-order valence-corrected chi connectivity index (χ1v) is 24.6. The first-order chi connectivity index (χ1) is 30.0. The summed E-state index contributed by atoms with van der Waals surface area (Å²) in [6, 6.07) is 45.5. The highest BCUT2D eigenvalue weighted by Crippen LogP contribution is 2.63. The Morgan fingerprint density at radius 1 is 0.587 bits per heavy atom. The van der Waals surface area contributed by atoms with E-state index in [2.05, 4.69) is 206 Å². The highest BCUT2D eigenvalue weighted by Gasteiger charge is 2.62. The summed E-state index contributed by atoms with van der Waals surface area (Å²) in [5.41, 5.74) is 22.6. The van der Waals surface area contributed by atoms with Crippen LogP contribution in [0.4, 0.5) is 28.4 Å². The van der Waals surface area contributed by atoms with Crippen molar-refractivity contribution in [2.75, 3.05) is 9.80 Å². The maximum Gasteiger partial charge on any atom is 0.264 e. The van der Waals surface area contributed by atoms with Crippen LogP contribution < -0.4 is 25.5 Å². The zero-order chi connectivity index (χ0) is 43.6. The minimum Gasteiger partial charge on any atom is -0.335 e. The molecule has 2 atom stereocenters. The maximum atomic E-state index is 2.90. The van der Waals surface area contributed by atoms with Gasteiger partial charge in [-0.25, -0.2) is 0 Å². The van der Waals surface area contributed by atoms with Crippen molar-refractivity contribution in [3.8, 4) is 22.3 Å². The molecule has 6 aromatic carbocycles. The predicted molar refractivity (Wildman–Crippen MR) is 274 cm³/mol. The van der Waals surface area contributed by atoms with Crippen molar-refractivity contribution >= 4 is 72.3 Å². The molecule has 2 nitrogen and oxygen atoms in total. The Morgan fingerprint density at radius 2 is 1.24 bits per heavy atom. The Bertz CT molecular complexity index is 3060. The quantitative estimate of drug-likeness (QED) is 0.164. The van der Waals surface area contributed by atoms with Crippen molar-refractivity contribution in [2.45, 2.75) is 135 Å².